The van der Waals surface area contributed by atoms with Crippen molar-refractivity contribution in [2.75, 3.05) is 13.2 Å². The Labute approximate surface area is 62.5 Å². The van der Waals surface area contributed by atoms with Crippen molar-refractivity contribution in [3.05, 3.63) is 0 Å². The molecule has 1 aliphatic rings. The Morgan fingerprint density at radius 1 is 1.00 bits per heavy atom. The van der Waals surface area contributed by atoms with Gasteiger partial charge in [-0.25, -0.2) is 0 Å². The molecule has 0 radical (unpaired) electrons. The number of hydrogen-bond donors (Lipinski definition) is 0. The molecule has 1 fully saturated rings. The third kappa shape index (κ3) is 1.96. The van der Waals surface area contributed by atoms with Gasteiger partial charge in [0.1, 0.15) is 0 Å². The molecule has 2 unspecified atom stereocenters. The number of hydrogen-bond acceptors (Lipinski definition) is 2. The summed E-state index contributed by atoms with van der Waals surface area (Å²) in [4.78, 5) is 0. The largest absolute Gasteiger partial charge is 0.376 e. The minimum Gasteiger partial charge on any atom is -0.376 e. The number of rotatable bonds is 0. The highest BCUT2D eigenvalue weighted by molar-refractivity contribution is 4.65. The van der Waals surface area contributed by atoms with Crippen molar-refractivity contribution in [3.8, 4) is 0 Å². The SMILES string of the molecule is CC1CO[C@H](C)COC1C. The number of ether oxygens (including phenoxy) is 2. The first kappa shape index (κ1) is 8.02. The lowest BCUT2D eigenvalue weighted by Gasteiger charge is -2.14. The zero-order valence-electron chi connectivity index (χ0n) is 6.96. The first-order valence-corrected chi connectivity index (χ1v) is 3.93. The lowest BCUT2D eigenvalue weighted by atomic mass is 10.1. The summed E-state index contributed by atoms with van der Waals surface area (Å²) in [5.74, 6) is 0.532. The van der Waals surface area contributed by atoms with Gasteiger partial charge in [-0.15, -0.1) is 0 Å². The fourth-order valence-electron chi connectivity index (χ4n) is 0.951. The van der Waals surface area contributed by atoms with Gasteiger partial charge in [-0.3, -0.25) is 0 Å². The van der Waals surface area contributed by atoms with Crippen molar-refractivity contribution in [3.63, 3.8) is 0 Å². The maximum atomic E-state index is 5.50. The van der Waals surface area contributed by atoms with Gasteiger partial charge in [0.2, 0.25) is 0 Å². The van der Waals surface area contributed by atoms with Crippen molar-refractivity contribution < 1.29 is 9.47 Å². The smallest absolute Gasteiger partial charge is 0.0780 e. The predicted octanol–water partition coefficient (Wildman–Crippen LogP) is 1.45. The maximum Gasteiger partial charge on any atom is 0.0780 e. The van der Waals surface area contributed by atoms with Gasteiger partial charge in [0.05, 0.1) is 25.4 Å². The van der Waals surface area contributed by atoms with Crippen LogP contribution in [0.25, 0.3) is 0 Å². The Morgan fingerprint density at radius 2 is 1.70 bits per heavy atom. The van der Waals surface area contributed by atoms with E-state index in [-0.39, 0.29) is 6.10 Å². The van der Waals surface area contributed by atoms with Gasteiger partial charge in [-0.1, -0.05) is 6.92 Å². The molecule has 2 nitrogen and oxygen atoms in total. The van der Waals surface area contributed by atoms with Crippen LogP contribution in [0.3, 0.4) is 0 Å². The molecular weight excluding hydrogens is 128 g/mol. The van der Waals surface area contributed by atoms with Gasteiger partial charge in [0, 0.05) is 5.92 Å². The Kier molecular flexibility index (Phi) is 2.69. The highest BCUT2D eigenvalue weighted by Gasteiger charge is 2.19. The molecule has 0 aromatic heterocycles. The second-order valence-electron chi connectivity index (χ2n) is 3.16. The lowest BCUT2D eigenvalue weighted by Crippen LogP contribution is -2.18. The quantitative estimate of drug-likeness (QED) is 0.512. The van der Waals surface area contributed by atoms with Crippen LogP contribution < -0.4 is 0 Å². The fourth-order valence-corrected chi connectivity index (χ4v) is 0.951. The van der Waals surface area contributed by atoms with E-state index in [1.54, 1.807) is 0 Å². The summed E-state index contributed by atoms with van der Waals surface area (Å²) in [5, 5.41) is 0. The molecule has 10 heavy (non-hydrogen) atoms. The summed E-state index contributed by atoms with van der Waals surface area (Å²) in [6, 6.07) is 0. The van der Waals surface area contributed by atoms with Crippen molar-refractivity contribution in [2.24, 2.45) is 5.92 Å². The molecule has 0 amide bonds. The second-order valence-corrected chi connectivity index (χ2v) is 3.16. The van der Waals surface area contributed by atoms with Crippen LogP contribution in [-0.2, 0) is 9.47 Å². The van der Waals surface area contributed by atoms with Crippen molar-refractivity contribution >= 4 is 0 Å². The van der Waals surface area contributed by atoms with E-state index in [0.29, 0.717) is 12.0 Å². The van der Waals surface area contributed by atoms with Crippen LogP contribution in [0.15, 0.2) is 0 Å². The highest BCUT2D eigenvalue weighted by atomic mass is 16.5. The lowest BCUT2D eigenvalue weighted by molar-refractivity contribution is 0.0197. The van der Waals surface area contributed by atoms with E-state index >= 15 is 0 Å². The topological polar surface area (TPSA) is 18.5 Å². The van der Waals surface area contributed by atoms with E-state index in [4.69, 9.17) is 9.47 Å². The molecule has 0 aliphatic carbocycles. The zero-order valence-corrected chi connectivity index (χ0v) is 6.96. The summed E-state index contributed by atoms with van der Waals surface area (Å²) < 4.78 is 11.0. The van der Waals surface area contributed by atoms with E-state index < -0.39 is 0 Å². The molecule has 0 saturated carbocycles. The van der Waals surface area contributed by atoms with Crippen LogP contribution >= 0.6 is 0 Å². The van der Waals surface area contributed by atoms with Gasteiger partial charge in [0.15, 0.2) is 0 Å². The molecule has 60 valence electrons. The molecule has 1 rings (SSSR count). The standard InChI is InChI=1S/C8H16O2/c1-6-4-9-7(2)5-10-8(6)3/h6-8H,4-5H2,1-3H3/t6?,7-,8?/m1/s1. The minimum atomic E-state index is 0.271. The van der Waals surface area contributed by atoms with Gasteiger partial charge in [-0.2, -0.15) is 0 Å². The van der Waals surface area contributed by atoms with Crippen LogP contribution in [0, 0.1) is 5.92 Å². The zero-order chi connectivity index (χ0) is 7.56. The minimum absolute atomic E-state index is 0.271. The van der Waals surface area contributed by atoms with Gasteiger partial charge in [0.25, 0.3) is 0 Å². The molecule has 0 bridgehead atoms. The molecule has 3 atom stereocenters. The Balaban J connectivity index is 2.38. The Bertz CT molecular complexity index is 91.4. The second kappa shape index (κ2) is 3.35. The normalized spacial score (nSPS) is 42.9. The van der Waals surface area contributed by atoms with E-state index in [9.17, 15) is 0 Å². The Hall–Kier alpha value is -0.0800. The molecular formula is C8H16O2. The van der Waals surface area contributed by atoms with E-state index in [2.05, 4.69) is 13.8 Å². The third-order valence-electron chi connectivity index (χ3n) is 2.04. The molecule has 0 aromatic rings. The molecule has 1 heterocycles. The van der Waals surface area contributed by atoms with Crippen LogP contribution in [0.5, 0.6) is 0 Å². The maximum absolute atomic E-state index is 5.50. The van der Waals surface area contributed by atoms with Crippen molar-refractivity contribution in [1.82, 2.24) is 0 Å². The average molecular weight is 144 g/mol. The molecule has 0 N–H and O–H groups in total. The monoisotopic (exact) mass is 144 g/mol. The highest BCUT2D eigenvalue weighted by Crippen LogP contribution is 2.13. The summed E-state index contributed by atoms with van der Waals surface area (Å²) in [7, 11) is 0. The molecule has 1 saturated heterocycles. The molecule has 1 aliphatic heterocycles. The van der Waals surface area contributed by atoms with Crippen LogP contribution in [0.4, 0.5) is 0 Å². The molecule has 0 aromatic carbocycles. The van der Waals surface area contributed by atoms with Crippen LogP contribution in [0.2, 0.25) is 0 Å². The van der Waals surface area contributed by atoms with Crippen molar-refractivity contribution in [1.29, 1.82) is 0 Å². The third-order valence-corrected chi connectivity index (χ3v) is 2.04. The van der Waals surface area contributed by atoms with Gasteiger partial charge in [-0.05, 0) is 13.8 Å². The van der Waals surface area contributed by atoms with Gasteiger partial charge >= 0.3 is 0 Å². The first-order valence-electron chi connectivity index (χ1n) is 3.93. The van der Waals surface area contributed by atoms with Gasteiger partial charge < -0.3 is 9.47 Å². The van der Waals surface area contributed by atoms with E-state index in [1.807, 2.05) is 6.92 Å². The van der Waals surface area contributed by atoms with Crippen LogP contribution in [-0.4, -0.2) is 25.4 Å². The van der Waals surface area contributed by atoms with E-state index in [1.165, 1.54) is 0 Å². The van der Waals surface area contributed by atoms with Crippen molar-refractivity contribution in [2.45, 2.75) is 33.0 Å². The average Bonchev–Trinajstić information content (AvgIpc) is 2.04. The predicted molar refractivity (Wildman–Crippen MR) is 40.0 cm³/mol. The van der Waals surface area contributed by atoms with Crippen LogP contribution in [0.1, 0.15) is 20.8 Å². The molecule has 0 spiro atoms. The Morgan fingerprint density at radius 3 is 2.40 bits per heavy atom. The molecule has 2 heteroatoms. The fraction of sp³-hybridized carbons (Fsp3) is 1.00. The summed E-state index contributed by atoms with van der Waals surface area (Å²) in [6.45, 7) is 7.88. The first-order chi connectivity index (χ1) is 4.70. The summed E-state index contributed by atoms with van der Waals surface area (Å²) >= 11 is 0. The van der Waals surface area contributed by atoms with E-state index in [0.717, 1.165) is 13.2 Å². The summed E-state index contributed by atoms with van der Waals surface area (Å²) in [5.41, 5.74) is 0. The summed E-state index contributed by atoms with van der Waals surface area (Å²) in [6.07, 6.45) is 0.623.